The van der Waals surface area contributed by atoms with Crippen molar-refractivity contribution in [2.45, 2.75) is 5.75 Å². The first-order valence-corrected chi connectivity index (χ1v) is 11.1. The number of nitrogens with one attached hydrogen (secondary N) is 1. The van der Waals surface area contributed by atoms with Gasteiger partial charge in [-0.25, -0.2) is 23.4 Å². The van der Waals surface area contributed by atoms with Crippen molar-refractivity contribution in [1.82, 2.24) is 24.7 Å². The van der Waals surface area contributed by atoms with E-state index in [0.717, 1.165) is 0 Å². The van der Waals surface area contributed by atoms with Crippen LogP contribution in [0.4, 0.5) is 5.69 Å². The molecule has 3 aromatic heterocycles. The molecule has 5 aromatic rings. The topological polar surface area (TPSA) is 125 Å². The fourth-order valence-corrected chi connectivity index (χ4v) is 4.21. The summed E-state index contributed by atoms with van der Waals surface area (Å²) < 4.78 is 40.4. The van der Waals surface area contributed by atoms with Crippen LogP contribution in [0, 0.1) is 0 Å². The van der Waals surface area contributed by atoms with Crippen molar-refractivity contribution >= 4 is 26.7 Å². The lowest BCUT2D eigenvalue weighted by Crippen LogP contribution is -2.15. The highest BCUT2D eigenvalue weighted by Crippen LogP contribution is 2.24. The molecule has 0 fully saturated rings. The van der Waals surface area contributed by atoms with Crippen LogP contribution in [-0.4, -0.2) is 33.1 Å². The Hall–Kier alpha value is -4.25. The van der Waals surface area contributed by atoms with E-state index in [-0.39, 0.29) is 5.75 Å². The summed E-state index contributed by atoms with van der Waals surface area (Å²) in [7, 11) is -3.69. The van der Waals surface area contributed by atoms with Crippen LogP contribution < -0.4 is 9.46 Å². The second kappa shape index (κ2) is 8.12. The number of sulfonamides is 1. The molecule has 0 saturated carbocycles. The number of para-hydroxylation sites is 1. The largest absolute Gasteiger partial charge is 0.439 e. The van der Waals surface area contributed by atoms with Gasteiger partial charge in [-0.1, -0.05) is 17.3 Å². The van der Waals surface area contributed by atoms with Gasteiger partial charge in [0.05, 0.1) is 0 Å². The number of aromatic nitrogens is 5. The molecule has 1 N–H and O–H groups in total. The summed E-state index contributed by atoms with van der Waals surface area (Å²) in [5.74, 6) is 1.14. The van der Waals surface area contributed by atoms with Gasteiger partial charge < -0.3 is 9.26 Å². The molecule has 0 aliphatic heterocycles. The Morgan fingerprint density at radius 2 is 1.91 bits per heavy atom. The van der Waals surface area contributed by atoms with E-state index < -0.39 is 10.0 Å². The van der Waals surface area contributed by atoms with Crippen molar-refractivity contribution in [3.05, 3.63) is 85.3 Å². The molecule has 0 bridgehead atoms. The summed E-state index contributed by atoms with van der Waals surface area (Å²) in [5.41, 5.74) is 1.29. The van der Waals surface area contributed by atoms with E-state index in [1.807, 2.05) is 0 Å². The molecular weight excluding hydrogens is 432 g/mol. The van der Waals surface area contributed by atoms with Crippen molar-refractivity contribution in [2.24, 2.45) is 0 Å². The fraction of sp³-hybridized carbons (Fsp3) is 0.0476. The maximum atomic E-state index is 12.6. The Morgan fingerprint density at radius 1 is 1.06 bits per heavy atom. The summed E-state index contributed by atoms with van der Waals surface area (Å²) >= 11 is 0. The third kappa shape index (κ3) is 4.27. The van der Waals surface area contributed by atoms with Gasteiger partial charge in [0.1, 0.15) is 35.7 Å². The van der Waals surface area contributed by atoms with Crippen LogP contribution in [0.25, 0.3) is 16.8 Å². The first-order valence-electron chi connectivity index (χ1n) is 9.48. The first-order chi connectivity index (χ1) is 15.6. The minimum absolute atomic E-state index is 0.305. The minimum Gasteiger partial charge on any atom is -0.439 e. The molecule has 0 unspecified atom stereocenters. The molecule has 0 saturated heterocycles. The van der Waals surface area contributed by atoms with Crippen molar-refractivity contribution in [3.63, 3.8) is 0 Å². The van der Waals surface area contributed by atoms with Crippen LogP contribution in [0.15, 0.2) is 84.2 Å². The van der Waals surface area contributed by atoms with Crippen LogP contribution in [-0.2, 0) is 15.8 Å². The van der Waals surface area contributed by atoms with Crippen molar-refractivity contribution in [2.75, 3.05) is 4.72 Å². The third-order valence-electron chi connectivity index (χ3n) is 4.53. The van der Waals surface area contributed by atoms with E-state index in [4.69, 9.17) is 9.26 Å². The average Bonchev–Trinajstić information content (AvgIpc) is 3.46. The first kappa shape index (κ1) is 19.7. The molecule has 0 atom stereocenters. The molecule has 2 aromatic carbocycles. The van der Waals surface area contributed by atoms with Crippen LogP contribution in [0.2, 0.25) is 0 Å². The van der Waals surface area contributed by atoms with E-state index in [2.05, 4.69) is 24.8 Å². The Bertz CT molecular complexity index is 1460. The molecule has 5 rings (SSSR count). The number of rotatable bonds is 7. The van der Waals surface area contributed by atoms with E-state index in [9.17, 15) is 8.42 Å². The SMILES string of the molecule is O=S(=O)(Cc1noc2ccccc12)Nc1ccc(Oc2cc(-n3ccnc3)ncn2)cc1. The smallest absolute Gasteiger partial charge is 0.238 e. The summed E-state index contributed by atoms with van der Waals surface area (Å²) in [6.07, 6.45) is 6.41. The zero-order valence-electron chi connectivity index (χ0n) is 16.5. The highest BCUT2D eigenvalue weighted by molar-refractivity contribution is 7.91. The van der Waals surface area contributed by atoms with E-state index in [0.29, 0.717) is 39.8 Å². The van der Waals surface area contributed by atoms with E-state index >= 15 is 0 Å². The molecule has 0 spiro atoms. The zero-order chi connectivity index (χ0) is 22.0. The van der Waals surface area contributed by atoms with Crippen LogP contribution in [0.1, 0.15) is 5.69 Å². The highest BCUT2D eigenvalue weighted by atomic mass is 32.2. The van der Waals surface area contributed by atoms with Gasteiger partial charge in [0, 0.05) is 29.5 Å². The predicted octanol–water partition coefficient (Wildman–Crippen LogP) is 3.54. The summed E-state index contributed by atoms with van der Waals surface area (Å²) in [5, 5.41) is 4.54. The monoisotopic (exact) mass is 448 g/mol. The number of benzene rings is 2. The molecular formula is C21H16N6O4S. The Kier molecular flexibility index (Phi) is 5.00. The quantitative estimate of drug-likeness (QED) is 0.401. The van der Waals surface area contributed by atoms with E-state index in [1.165, 1.54) is 6.33 Å². The maximum Gasteiger partial charge on any atom is 0.238 e. The van der Waals surface area contributed by atoms with Gasteiger partial charge in [-0.2, -0.15) is 0 Å². The van der Waals surface area contributed by atoms with Crippen molar-refractivity contribution in [3.8, 4) is 17.4 Å². The number of anilines is 1. The highest BCUT2D eigenvalue weighted by Gasteiger charge is 2.17. The van der Waals surface area contributed by atoms with Crippen molar-refractivity contribution < 1.29 is 17.7 Å². The number of imidazole rings is 1. The summed E-state index contributed by atoms with van der Waals surface area (Å²) in [4.78, 5) is 12.3. The number of fused-ring (bicyclic) bond motifs is 1. The Morgan fingerprint density at radius 3 is 2.72 bits per heavy atom. The molecule has 10 nitrogen and oxygen atoms in total. The number of hydrogen-bond acceptors (Lipinski definition) is 8. The Labute approximate surface area is 182 Å². The Balaban J connectivity index is 1.27. The van der Waals surface area contributed by atoms with Crippen molar-refractivity contribution in [1.29, 1.82) is 0 Å². The van der Waals surface area contributed by atoms with Gasteiger partial charge in [-0.15, -0.1) is 0 Å². The normalized spacial score (nSPS) is 11.5. The van der Waals surface area contributed by atoms with Crippen LogP contribution in [0.5, 0.6) is 11.6 Å². The number of ether oxygens (including phenoxy) is 1. The summed E-state index contributed by atoms with van der Waals surface area (Å²) in [6.45, 7) is 0. The van der Waals surface area contributed by atoms with E-state index in [1.54, 1.807) is 77.9 Å². The van der Waals surface area contributed by atoms with Gasteiger partial charge in [-0.05, 0) is 36.4 Å². The van der Waals surface area contributed by atoms with Gasteiger partial charge in [0.25, 0.3) is 0 Å². The predicted molar refractivity (Wildman–Crippen MR) is 116 cm³/mol. The van der Waals surface area contributed by atoms with Crippen LogP contribution in [0.3, 0.4) is 0 Å². The van der Waals surface area contributed by atoms with Gasteiger partial charge in [0.15, 0.2) is 5.58 Å². The average molecular weight is 448 g/mol. The molecule has 0 aliphatic carbocycles. The molecule has 160 valence electrons. The van der Waals surface area contributed by atoms with Gasteiger partial charge >= 0.3 is 0 Å². The second-order valence-electron chi connectivity index (χ2n) is 6.80. The molecule has 32 heavy (non-hydrogen) atoms. The minimum atomic E-state index is -3.69. The molecule has 0 radical (unpaired) electrons. The van der Waals surface area contributed by atoms with Crippen LogP contribution >= 0.6 is 0 Å². The molecule has 11 heteroatoms. The standard InChI is InChI=1S/C21H16N6O4S/c28-32(29,12-18-17-3-1-2-4-19(17)31-25-18)26-15-5-7-16(8-6-15)30-21-11-20(23-13-24-21)27-10-9-22-14-27/h1-11,13-14,26H,12H2. The molecule has 0 aliphatic rings. The van der Waals surface area contributed by atoms with Gasteiger partial charge in [0.2, 0.25) is 15.9 Å². The lowest BCUT2D eigenvalue weighted by molar-refractivity contribution is 0.448. The lowest BCUT2D eigenvalue weighted by atomic mass is 10.2. The third-order valence-corrected chi connectivity index (χ3v) is 5.73. The molecule has 0 amide bonds. The second-order valence-corrected chi connectivity index (χ2v) is 8.52. The number of hydrogen-bond donors (Lipinski definition) is 1. The fourth-order valence-electron chi connectivity index (χ4n) is 3.07. The zero-order valence-corrected chi connectivity index (χ0v) is 17.3. The van der Waals surface area contributed by atoms with Gasteiger partial charge in [-0.3, -0.25) is 9.29 Å². The molecule has 3 heterocycles. The number of nitrogens with zero attached hydrogens (tertiary/aromatic N) is 5. The maximum absolute atomic E-state index is 12.6. The summed E-state index contributed by atoms with van der Waals surface area (Å²) in [6, 6.07) is 15.3. The lowest BCUT2D eigenvalue weighted by Gasteiger charge is -2.09.